The van der Waals surface area contributed by atoms with Gasteiger partial charge in [0, 0.05) is 6.54 Å². The summed E-state index contributed by atoms with van der Waals surface area (Å²) in [7, 11) is 0. The summed E-state index contributed by atoms with van der Waals surface area (Å²) in [6.07, 6.45) is 0.565. The molecular formula is C16H19FN4O3. The second kappa shape index (κ2) is 7.20. The van der Waals surface area contributed by atoms with E-state index >= 15 is 0 Å². The van der Waals surface area contributed by atoms with Crippen molar-refractivity contribution in [2.75, 3.05) is 6.54 Å². The number of nitrogens with zero attached hydrogens (tertiary/aromatic N) is 3. The first kappa shape index (κ1) is 17.6. The van der Waals surface area contributed by atoms with Crippen LogP contribution in [0.3, 0.4) is 0 Å². The van der Waals surface area contributed by atoms with E-state index < -0.39 is 11.0 Å². The fourth-order valence-corrected chi connectivity index (χ4v) is 2.54. The standard InChI is InChI=1S/C16H19FN4O3/c1-10-15(21(23)24)11(2)20(19-10)12(3)16(22)18-9-8-13-4-6-14(17)7-5-13/h4-7,12H,8-9H2,1-3H3,(H,18,22). The highest BCUT2D eigenvalue weighted by atomic mass is 19.1. The lowest BCUT2D eigenvalue weighted by Crippen LogP contribution is -2.33. The van der Waals surface area contributed by atoms with Crippen LogP contribution in [0.5, 0.6) is 0 Å². The van der Waals surface area contributed by atoms with Crippen LogP contribution in [0.25, 0.3) is 0 Å². The highest BCUT2D eigenvalue weighted by Gasteiger charge is 2.26. The normalized spacial score (nSPS) is 12.0. The van der Waals surface area contributed by atoms with E-state index in [1.165, 1.54) is 16.8 Å². The van der Waals surface area contributed by atoms with Gasteiger partial charge in [-0.2, -0.15) is 5.10 Å². The van der Waals surface area contributed by atoms with Gasteiger partial charge in [0.2, 0.25) is 5.91 Å². The van der Waals surface area contributed by atoms with Gasteiger partial charge >= 0.3 is 5.69 Å². The topological polar surface area (TPSA) is 90.1 Å². The number of carbonyl (C=O) groups is 1. The van der Waals surface area contributed by atoms with Crippen molar-refractivity contribution in [1.29, 1.82) is 0 Å². The van der Waals surface area contributed by atoms with E-state index in [9.17, 15) is 19.3 Å². The van der Waals surface area contributed by atoms with Crippen molar-refractivity contribution >= 4 is 11.6 Å². The molecule has 0 radical (unpaired) electrons. The van der Waals surface area contributed by atoms with Gasteiger partial charge in [-0.15, -0.1) is 0 Å². The molecule has 7 nitrogen and oxygen atoms in total. The van der Waals surface area contributed by atoms with Gasteiger partial charge < -0.3 is 5.32 Å². The molecule has 0 aliphatic rings. The van der Waals surface area contributed by atoms with E-state index in [-0.39, 0.29) is 23.1 Å². The molecule has 1 N–H and O–H groups in total. The number of rotatable bonds is 6. The lowest BCUT2D eigenvalue weighted by Gasteiger charge is -2.14. The highest BCUT2D eigenvalue weighted by Crippen LogP contribution is 2.24. The summed E-state index contributed by atoms with van der Waals surface area (Å²) < 4.78 is 14.2. The quantitative estimate of drug-likeness (QED) is 0.649. The summed E-state index contributed by atoms with van der Waals surface area (Å²) in [6.45, 7) is 5.13. The molecule has 1 heterocycles. The number of hydrogen-bond donors (Lipinski definition) is 1. The van der Waals surface area contributed by atoms with Gasteiger partial charge in [0.1, 0.15) is 23.2 Å². The van der Waals surface area contributed by atoms with Crippen LogP contribution in [-0.2, 0) is 11.2 Å². The van der Waals surface area contributed by atoms with Crippen molar-refractivity contribution in [1.82, 2.24) is 15.1 Å². The zero-order valence-corrected chi connectivity index (χ0v) is 13.7. The molecule has 0 aliphatic heterocycles. The van der Waals surface area contributed by atoms with E-state index in [1.54, 1.807) is 32.9 Å². The molecule has 0 saturated heterocycles. The number of hydrogen-bond acceptors (Lipinski definition) is 4. The molecule has 1 amide bonds. The molecule has 0 saturated carbocycles. The Morgan fingerprint density at radius 1 is 1.38 bits per heavy atom. The van der Waals surface area contributed by atoms with E-state index in [1.807, 2.05) is 0 Å². The molecule has 1 aromatic heterocycles. The summed E-state index contributed by atoms with van der Waals surface area (Å²) in [5.74, 6) is -0.583. The summed E-state index contributed by atoms with van der Waals surface area (Å²) in [5, 5.41) is 17.9. The molecule has 2 aromatic rings. The number of amides is 1. The monoisotopic (exact) mass is 334 g/mol. The molecule has 128 valence electrons. The zero-order chi connectivity index (χ0) is 17.9. The maximum absolute atomic E-state index is 12.8. The van der Waals surface area contributed by atoms with Crippen LogP contribution in [0.2, 0.25) is 0 Å². The molecule has 1 unspecified atom stereocenters. The van der Waals surface area contributed by atoms with Crippen LogP contribution in [0.1, 0.15) is 29.9 Å². The van der Waals surface area contributed by atoms with E-state index in [0.717, 1.165) is 5.56 Å². The van der Waals surface area contributed by atoms with Crippen LogP contribution in [0, 0.1) is 29.8 Å². The first-order valence-corrected chi connectivity index (χ1v) is 7.53. The predicted octanol–water partition coefficient (Wildman–Crippen LogP) is 2.47. The number of nitro groups is 1. The van der Waals surface area contributed by atoms with Gasteiger partial charge in [0.15, 0.2) is 0 Å². The minimum Gasteiger partial charge on any atom is -0.354 e. The summed E-state index contributed by atoms with van der Waals surface area (Å²) in [5.41, 5.74) is 1.47. The average molecular weight is 334 g/mol. The van der Waals surface area contributed by atoms with E-state index in [4.69, 9.17) is 0 Å². The minimum atomic E-state index is -0.661. The predicted molar refractivity (Wildman–Crippen MR) is 86.2 cm³/mol. The van der Waals surface area contributed by atoms with E-state index in [2.05, 4.69) is 10.4 Å². The van der Waals surface area contributed by atoms with Gasteiger partial charge in [-0.25, -0.2) is 4.39 Å². The van der Waals surface area contributed by atoms with Crippen molar-refractivity contribution in [2.24, 2.45) is 0 Å². The number of halogens is 1. The van der Waals surface area contributed by atoms with E-state index in [0.29, 0.717) is 18.7 Å². The third-order valence-corrected chi connectivity index (χ3v) is 3.84. The van der Waals surface area contributed by atoms with Gasteiger partial charge in [-0.3, -0.25) is 19.6 Å². The van der Waals surface area contributed by atoms with Crippen LogP contribution >= 0.6 is 0 Å². The largest absolute Gasteiger partial charge is 0.354 e. The number of carbonyl (C=O) groups excluding carboxylic acids is 1. The van der Waals surface area contributed by atoms with Crippen LogP contribution in [0.15, 0.2) is 24.3 Å². The molecular weight excluding hydrogens is 315 g/mol. The summed E-state index contributed by atoms with van der Waals surface area (Å²) in [6, 6.07) is 5.40. The Labute approximate surface area is 138 Å². The molecule has 0 aliphatic carbocycles. The van der Waals surface area contributed by atoms with Gasteiger partial charge in [-0.1, -0.05) is 12.1 Å². The maximum atomic E-state index is 12.8. The number of aryl methyl sites for hydroxylation is 1. The van der Waals surface area contributed by atoms with Gasteiger partial charge in [0.05, 0.1) is 4.92 Å². The Morgan fingerprint density at radius 3 is 2.54 bits per heavy atom. The fourth-order valence-electron chi connectivity index (χ4n) is 2.54. The molecule has 0 fully saturated rings. The van der Waals surface area contributed by atoms with Crippen LogP contribution in [-0.4, -0.2) is 27.2 Å². The third-order valence-electron chi connectivity index (χ3n) is 3.84. The molecule has 24 heavy (non-hydrogen) atoms. The molecule has 1 aromatic carbocycles. The number of aromatic nitrogens is 2. The first-order chi connectivity index (χ1) is 11.3. The fraction of sp³-hybridized carbons (Fsp3) is 0.375. The minimum absolute atomic E-state index is 0.0686. The Kier molecular flexibility index (Phi) is 5.28. The smallest absolute Gasteiger partial charge is 0.312 e. The number of nitrogens with one attached hydrogen (secondary N) is 1. The maximum Gasteiger partial charge on any atom is 0.312 e. The van der Waals surface area contributed by atoms with Crippen molar-refractivity contribution < 1.29 is 14.1 Å². The molecule has 0 spiro atoms. The first-order valence-electron chi connectivity index (χ1n) is 7.53. The summed E-state index contributed by atoms with van der Waals surface area (Å²) in [4.78, 5) is 22.8. The van der Waals surface area contributed by atoms with Gasteiger partial charge in [0.25, 0.3) is 0 Å². The lowest BCUT2D eigenvalue weighted by atomic mass is 10.1. The van der Waals surface area contributed by atoms with Crippen LogP contribution in [0.4, 0.5) is 10.1 Å². The Morgan fingerprint density at radius 2 is 2.00 bits per heavy atom. The SMILES string of the molecule is Cc1nn(C(C)C(=O)NCCc2ccc(F)cc2)c(C)c1[N+](=O)[O-]. The molecule has 8 heteroatoms. The second-order valence-corrected chi connectivity index (χ2v) is 5.56. The van der Waals surface area contributed by atoms with Crippen molar-refractivity contribution in [3.63, 3.8) is 0 Å². The third kappa shape index (κ3) is 3.76. The lowest BCUT2D eigenvalue weighted by molar-refractivity contribution is -0.386. The zero-order valence-electron chi connectivity index (χ0n) is 13.7. The van der Waals surface area contributed by atoms with Crippen molar-refractivity contribution in [3.8, 4) is 0 Å². The Bertz CT molecular complexity index is 755. The number of benzene rings is 1. The molecule has 0 bridgehead atoms. The van der Waals surface area contributed by atoms with Gasteiger partial charge in [-0.05, 0) is 44.9 Å². The highest BCUT2D eigenvalue weighted by molar-refractivity contribution is 5.80. The molecule has 1 atom stereocenters. The van der Waals surface area contributed by atoms with Crippen molar-refractivity contribution in [3.05, 3.63) is 57.1 Å². The second-order valence-electron chi connectivity index (χ2n) is 5.56. The van der Waals surface area contributed by atoms with Crippen LogP contribution < -0.4 is 5.32 Å². The Hall–Kier alpha value is -2.77. The average Bonchev–Trinajstić information content (AvgIpc) is 2.83. The summed E-state index contributed by atoms with van der Waals surface area (Å²) >= 11 is 0. The Balaban J connectivity index is 1.98. The van der Waals surface area contributed by atoms with Crippen molar-refractivity contribution in [2.45, 2.75) is 33.2 Å². The molecule has 2 rings (SSSR count).